The van der Waals surface area contributed by atoms with Gasteiger partial charge in [0.25, 0.3) is 5.69 Å². The summed E-state index contributed by atoms with van der Waals surface area (Å²) in [6, 6.07) is 13.1. The molecule has 0 bridgehead atoms. The van der Waals surface area contributed by atoms with Crippen LogP contribution in [0.1, 0.15) is 5.56 Å². The number of alkyl carbamates (subject to hydrolysis) is 1. The third-order valence-corrected chi connectivity index (χ3v) is 4.51. The van der Waals surface area contributed by atoms with Crippen LogP contribution in [0.2, 0.25) is 0 Å². The maximum absolute atomic E-state index is 11.9. The zero-order valence-electron chi connectivity index (χ0n) is 13.9. The van der Waals surface area contributed by atoms with Crippen molar-refractivity contribution in [1.29, 1.82) is 0 Å². The van der Waals surface area contributed by atoms with Crippen LogP contribution in [0.15, 0.2) is 53.9 Å². The Morgan fingerprint density at radius 3 is 2.59 bits per heavy atom. The minimum atomic E-state index is -0.791. The van der Waals surface area contributed by atoms with Crippen molar-refractivity contribution in [1.82, 2.24) is 5.32 Å². The molecule has 0 aliphatic carbocycles. The molecule has 2 aromatic carbocycles. The molecule has 138 valence electrons. The highest BCUT2D eigenvalue weighted by Gasteiger charge is 2.12. The highest BCUT2D eigenvalue weighted by atomic mass is 32.1. The predicted molar refractivity (Wildman–Crippen MR) is 98.7 cm³/mol. The number of nitro benzene ring substituents is 1. The Kier molecular flexibility index (Phi) is 5.62. The minimum Gasteiger partial charge on any atom is -0.445 e. The number of nitrogens with one attached hydrogen (secondary N) is 1. The number of carbonyl (C=O) groups is 2. The van der Waals surface area contributed by atoms with Gasteiger partial charge < -0.3 is 14.8 Å². The molecule has 0 fully saturated rings. The van der Waals surface area contributed by atoms with E-state index >= 15 is 0 Å². The molecular weight excluding hydrogens is 372 g/mol. The molecule has 1 amide bonds. The largest absolute Gasteiger partial charge is 0.445 e. The topological polar surface area (TPSA) is 108 Å². The van der Waals surface area contributed by atoms with E-state index in [9.17, 15) is 19.7 Å². The Hall–Kier alpha value is -3.46. The first kappa shape index (κ1) is 18.3. The van der Waals surface area contributed by atoms with Gasteiger partial charge in [-0.3, -0.25) is 10.1 Å². The summed E-state index contributed by atoms with van der Waals surface area (Å²) < 4.78 is 11.2. The Labute approximate surface area is 157 Å². The minimum absolute atomic E-state index is 0.0492. The van der Waals surface area contributed by atoms with Crippen molar-refractivity contribution >= 4 is 39.2 Å². The van der Waals surface area contributed by atoms with E-state index in [0.29, 0.717) is 11.3 Å². The van der Waals surface area contributed by atoms with Gasteiger partial charge in [0.15, 0.2) is 0 Å². The van der Waals surface area contributed by atoms with Crippen LogP contribution < -0.4 is 10.1 Å². The van der Waals surface area contributed by atoms with Gasteiger partial charge in [0.1, 0.15) is 18.9 Å². The number of amides is 1. The van der Waals surface area contributed by atoms with E-state index in [2.05, 4.69) is 5.32 Å². The number of ether oxygens (including phenoxy) is 2. The van der Waals surface area contributed by atoms with Crippen molar-refractivity contribution < 1.29 is 24.0 Å². The molecule has 0 atom stereocenters. The Bertz CT molecular complexity index is 983. The third kappa shape index (κ3) is 4.79. The van der Waals surface area contributed by atoms with Crippen LogP contribution in [0.3, 0.4) is 0 Å². The maximum atomic E-state index is 11.9. The number of nitro groups is 1. The molecule has 0 aliphatic rings. The van der Waals surface area contributed by atoms with Gasteiger partial charge in [0.2, 0.25) is 0 Å². The summed E-state index contributed by atoms with van der Waals surface area (Å²) in [6.07, 6.45) is -0.791. The molecule has 27 heavy (non-hydrogen) atoms. The van der Waals surface area contributed by atoms with Crippen LogP contribution >= 0.6 is 11.3 Å². The number of hydrogen-bond donors (Lipinski definition) is 1. The zero-order valence-corrected chi connectivity index (χ0v) is 14.7. The Balaban J connectivity index is 1.44. The first-order valence-corrected chi connectivity index (χ1v) is 8.72. The van der Waals surface area contributed by atoms with Crippen molar-refractivity contribution in [3.8, 4) is 5.75 Å². The first-order valence-electron chi connectivity index (χ1n) is 7.84. The van der Waals surface area contributed by atoms with Gasteiger partial charge in [-0.25, -0.2) is 9.59 Å². The summed E-state index contributed by atoms with van der Waals surface area (Å²) in [6.45, 7) is -0.419. The summed E-state index contributed by atoms with van der Waals surface area (Å²) in [4.78, 5) is 33.6. The molecule has 3 rings (SSSR count). The molecule has 1 N–H and O–H groups in total. The summed E-state index contributed by atoms with van der Waals surface area (Å²) >= 11 is 1.46. The highest BCUT2D eigenvalue weighted by Crippen LogP contribution is 2.31. The number of carbonyl (C=O) groups excluding carboxylic acids is 2. The van der Waals surface area contributed by atoms with E-state index in [1.54, 1.807) is 5.38 Å². The fraction of sp³-hybridized carbons (Fsp3) is 0.111. The number of esters is 1. The summed E-state index contributed by atoms with van der Waals surface area (Å²) in [5, 5.41) is 15.4. The molecule has 8 nitrogen and oxygen atoms in total. The van der Waals surface area contributed by atoms with Crippen LogP contribution in [0, 0.1) is 10.1 Å². The van der Waals surface area contributed by atoms with Gasteiger partial charge in [-0.15, -0.1) is 11.3 Å². The Morgan fingerprint density at radius 2 is 1.85 bits per heavy atom. The second kappa shape index (κ2) is 8.28. The summed E-state index contributed by atoms with van der Waals surface area (Å²) in [7, 11) is 0. The van der Waals surface area contributed by atoms with E-state index in [4.69, 9.17) is 9.47 Å². The van der Waals surface area contributed by atoms with Crippen LogP contribution in [-0.2, 0) is 16.1 Å². The predicted octanol–water partition coefficient (Wildman–Crippen LogP) is 3.64. The van der Waals surface area contributed by atoms with Crippen LogP contribution in [0.4, 0.5) is 10.5 Å². The van der Waals surface area contributed by atoms with Crippen molar-refractivity contribution in [3.05, 3.63) is 69.6 Å². The molecule has 3 aromatic rings. The van der Waals surface area contributed by atoms with E-state index in [1.807, 2.05) is 24.3 Å². The lowest BCUT2D eigenvalue weighted by Crippen LogP contribution is -2.32. The van der Waals surface area contributed by atoms with Gasteiger partial charge in [0.05, 0.1) is 4.92 Å². The number of thiophene rings is 1. The van der Waals surface area contributed by atoms with Crippen molar-refractivity contribution in [3.63, 3.8) is 0 Å². The molecule has 0 saturated heterocycles. The fourth-order valence-corrected chi connectivity index (χ4v) is 3.11. The standard InChI is InChI=1S/C18H14N2O6S/c21-17(26-15-11-27-16-4-2-1-3-14(15)16)9-19-18(22)25-10-12-5-7-13(8-6-12)20(23)24/h1-8,11H,9-10H2,(H,19,22). The van der Waals surface area contributed by atoms with Gasteiger partial charge in [0, 0.05) is 27.6 Å². The molecular formula is C18H14N2O6S. The molecule has 0 aliphatic heterocycles. The van der Waals surface area contributed by atoms with E-state index in [1.165, 1.54) is 35.6 Å². The number of rotatable bonds is 6. The molecule has 1 aromatic heterocycles. The van der Waals surface area contributed by atoms with E-state index in [-0.39, 0.29) is 18.8 Å². The number of hydrogen-bond acceptors (Lipinski definition) is 7. The van der Waals surface area contributed by atoms with Crippen LogP contribution in [0.5, 0.6) is 5.75 Å². The average molecular weight is 386 g/mol. The number of fused-ring (bicyclic) bond motifs is 1. The molecule has 0 unspecified atom stereocenters. The molecule has 0 radical (unpaired) electrons. The summed E-state index contributed by atoms with van der Waals surface area (Å²) in [5.74, 6) is -0.174. The molecule has 1 heterocycles. The first-order chi connectivity index (χ1) is 13.0. The number of nitrogens with zero attached hydrogens (tertiary/aromatic N) is 1. The number of non-ortho nitro benzene ring substituents is 1. The van der Waals surface area contributed by atoms with Crippen molar-refractivity contribution in [2.24, 2.45) is 0 Å². The van der Waals surface area contributed by atoms with Crippen LogP contribution in [0.25, 0.3) is 10.1 Å². The van der Waals surface area contributed by atoms with E-state index < -0.39 is 17.0 Å². The van der Waals surface area contributed by atoms with Crippen molar-refractivity contribution in [2.45, 2.75) is 6.61 Å². The SMILES string of the molecule is O=C(CNC(=O)OCc1ccc([N+](=O)[O-])cc1)Oc1csc2ccccc12. The van der Waals surface area contributed by atoms with E-state index in [0.717, 1.165) is 10.1 Å². The lowest BCUT2D eigenvalue weighted by molar-refractivity contribution is -0.384. The quantitative estimate of drug-likeness (QED) is 0.394. The Morgan fingerprint density at radius 1 is 1.11 bits per heavy atom. The summed E-state index contributed by atoms with van der Waals surface area (Å²) in [5.41, 5.74) is 0.537. The smallest absolute Gasteiger partial charge is 0.407 e. The maximum Gasteiger partial charge on any atom is 0.407 e. The van der Waals surface area contributed by atoms with Gasteiger partial charge >= 0.3 is 12.1 Å². The number of benzene rings is 2. The van der Waals surface area contributed by atoms with Gasteiger partial charge in [-0.1, -0.05) is 12.1 Å². The lowest BCUT2D eigenvalue weighted by atomic mass is 10.2. The lowest BCUT2D eigenvalue weighted by Gasteiger charge is -2.07. The normalized spacial score (nSPS) is 10.4. The highest BCUT2D eigenvalue weighted by molar-refractivity contribution is 7.17. The molecule has 0 spiro atoms. The molecule has 9 heteroatoms. The van der Waals surface area contributed by atoms with Gasteiger partial charge in [-0.05, 0) is 29.8 Å². The zero-order chi connectivity index (χ0) is 19.2. The average Bonchev–Trinajstić information content (AvgIpc) is 3.08. The molecule has 0 saturated carbocycles. The van der Waals surface area contributed by atoms with Crippen LogP contribution in [-0.4, -0.2) is 23.5 Å². The monoisotopic (exact) mass is 386 g/mol. The third-order valence-electron chi connectivity index (χ3n) is 3.56. The second-order valence-electron chi connectivity index (χ2n) is 5.42. The van der Waals surface area contributed by atoms with Crippen molar-refractivity contribution in [2.75, 3.05) is 6.54 Å². The van der Waals surface area contributed by atoms with Gasteiger partial charge in [-0.2, -0.15) is 0 Å². The second-order valence-corrected chi connectivity index (χ2v) is 6.33. The fourth-order valence-electron chi connectivity index (χ4n) is 2.25.